The third kappa shape index (κ3) is 2.31. The van der Waals surface area contributed by atoms with E-state index in [2.05, 4.69) is 5.32 Å². The fourth-order valence-corrected chi connectivity index (χ4v) is 3.39. The van der Waals surface area contributed by atoms with Crippen molar-refractivity contribution in [3.05, 3.63) is 35.9 Å². The number of nitrogens with one attached hydrogen (secondary N) is 2. The molecule has 1 atom stereocenters. The fourth-order valence-electron chi connectivity index (χ4n) is 3.39. The van der Waals surface area contributed by atoms with E-state index in [9.17, 15) is 9.59 Å². The molecule has 0 aliphatic carbocycles. The Morgan fingerprint density at radius 3 is 2.48 bits per heavy atom. The van der Waals surface area contributed by atoms with Crippen LogP contribution < -0.4 is 10.2 Å². The number of nitrogens with zero attached hydrogens (tertiary/aromatic N) is 1. The number of carbonyl (C=O) groups is 2. The number of carbonyl (C=O) groups excluding carboxylic acids is 2. The molecule has 3 rings (SSSR count). The molecule has 5 heteroatoms. The molecule has 2 aliphatic rings. The van der Waals surface area contributed by atoms with Crippen LogP contribution in [-0.4, -0.2) is 36.6 Å². The zero-order valence-corrected chi connectivity index (χ0v) is 12.4. The van der Waals surface area contributed by atoms with Crippen LogP contribution in [0.25, 0.3) is 0 Å². The first-order valence-electron chi connectivity index (χ1n) is 7.70. The number of rotatable bonds is 4. The minimum Gasteiger partial charge on any atom is -0.319 e. The number of hydrogen-bond acceptors (Lipinski definition) is 2. The molecular formula is C16H22N3O2+. The zero-order chi connectivity index (χ0) is 14.9. The molecule has 0 radical (unpaired) electrons. The van der Waals surface area contributed by atoms with E-state index < -0.39 is 5.54 Å². The molecule has 2 fully saturated rings. The molecule has 0 aromatic heterocycles. The quantitative estimate of drug-likeness (QED) is 0.792. The molecule has 2 N–H and O–H groups in total. The van der Waals surface area contributed by atoms with Gasteiger partial charge in [-0.3, -0.25) is 4.79 Å². The van der Waals surface area contributed by atoms with Crippen LogP contribution in [0.15, 0.2) is 30.3 Å². The van der Waals surface area contributed by atoms with E-state index in [0.717, 1.165) is 18.7 Å². The largest absolute Gasteiger partial charge is 0.329 e. The monoisotopic (exact) mass is 288 g/mol. The number of quaternary nitrogens is 1. The van der Waals surface area contributed by atoms with E-state index in [4.69, 9.17) is 0 Å². The van der Waals surface area contributed by atoms with Gasteiger partial charge in [-0.1, -0.05) is 37.3 Å². The smallest absolute Gasteiger partial charge is 0.319 e. The Kier molecular flexibility index (Phi) is 3.68. The number of imide groups is 1. The third-order valence-electron chi connectivity index (χ3n) is 4.67. The SMILES string of the molecule is CC[C@@]1(c2ccccc2)NC(=O)N(C[NH+]2CCCC2)C1=O. The van der Waals surface area contributed by atoms with Gasteiger partial charge < -0.3 is 10.2 Å². The van der Waals surface area contributed by atoms with E-state index in [1.165, 1.54) is 22.6 Å². The Balaban J connectivity index is 1.87. The summed E-state index contributed by atoms with van der Waals surface area (Å²) >= 11 is 0. The maximum Gasteiger partial charge on any atom is 0.329 e. The first-order chi connectivity index (χ1) is 10.2. The number of amides is 3. The average molecular weight is 288 g/mol. The van der Waals surface area contributed by atoms with Gasteiger partial charge in [-0.25, -0.2) is 9.69 Å². The highest BCUT2D eigenvalue weighted by Crippen LogP contribution is 2.31. The van der Waals surface area contributed by atoms with Crippen LogP contribution in [0.5, 0.6) is 0 Å². The summed E-state index contributed by atoms with van der Waals surface area (Å²) in [5.74, 6) is -0.111. The van der Waals surface area contributed by atoms with E-state index in [0.29, 0.717) is 13.1 Å². The number of hydrogen-bond donors (Lipinski definition) is 2. The van der Waals surface area contributed by atoms with Gasteiger partial charge in [0.25, 0.3) is 5.91 Å². The lowest BCUT2D eigenvalue weighted by atomic mass is 9.87. The molecule has 5 nitrogen and oxygen atoms in total. The average Bonchev–Trinajstić information content (AvgIpc) is 3.11. The van der Waals surface area contributed by atoms with Crippen molar-refractivity contribution in [2.45, 2.75) is 31.7 Å². The predicted molar refractivity (Wildman–Crippen MR) is 78.6 cm³/mol. The van der Waals surface area contributed by atoms with Gasteiger partial charge in [0.1, 0.15) is 5.54 Å². The third-order valence-corrected chi connectivity index (χ3v) is 4.67. The van der Waals surface area contributed by atoms with E-state index in [1.54, 1.807) is 0 Å². The maximum absolute atomic E-state index is 12.9. The van der Waals surface area contributed by atoms with Gasteiger partial charge in [-0.15, -0.1) is 0 Å². The van der Waals surface area contributed by atoms with Crippen molar-refractivity contribution >= 4 is 11.9 Å². The van der Waals surface area contributed by atoms with Crippen molar-refractivity contribution in [3.8, 4) is 0 Å². The molecule has 0 bridgehead atoms. The summed E-state index contributed by atoms with van der Waals surface area (Å²) in [6.07, 6.45) is 2.92. The van der Waals surface area contributed by atoms with Gasteiger partial charge in [-0.2, -0.15) is 0 Å². The van der Waals surface area contributed by atoms with Crippen LogP contribution in [-0.2, 0) is 10.3 Å². The lowest BCUT2D eigenvalue weighted by molar-refractivity contribution is -0.894. The highest BCUT2D eigenvalue weighted by Gasteiger charge is 2.52. The topological polar surface area (TPSA) is 53.9 Å². The summed E-state index contributed by atoms with van der Waals surface area (Å²) < 4.78 is 0. The fraction of sp³-hybridized carbons (Fsp3) is 0.500. The van der Waals surface area contributed by atoms with Crippen LogP contribution in [0, 0.1) is 0 Å². The predicted octanol–water partition coefficient (Wildman–Crippen LogP) is 0.480. The Morgan fingerprint density at radius 2 is 1.86 bits per heavy atom. The Morgan fingerprint density at radius 1 is 1.19 bits per heavy atom. The van der Waals surface area contributed by atoms with Crippen molar-refractivity contribution in [1.82, 2.24) is 10.2 Å². The first-order valence-corrected chi connectivity index (χ1v) is 7.70. The molecule has 1 aromatic carbocycles. The summed E-state index contributed by atoms with van der Waals surface area (Å²) in [4.78, 5) is 27.9. The lowest BCUT2D eigenvalue weighted by Crippen LogP contribution is -3.11. The number of urea groups is 1. The number of likely N-dealkylation sites (tertiary alicyclic amines) is 1. The van der Waals surface area contributed by atoms with Crippen LogP contribution in [0.2, 0.25) is 0 Å². The van der Waals surface area contributed by atoms with Crippen LogP contribution >= 0.6 is 0 Å². The molecule has 112 valence electrons. The van der Waals surface area contributed by atoms with Gasteiger partial charge in [-0.05, 0) is 12.0 Å². The molecule has 21 heavy (non-hydrogen) atoms. The molecule has 3 amide bonds. The van der Waals surface area contributed by atoms with Crippen LogP contribution in [0.4, 0.5) is 4.79 Å². The molecule has 2 saturated heterocycles. The minimum absolute atomic E-state index is 0.111. The molecule has 2 aliphatic heterocycles. The number of benzene rings is 1. The Labute approximate surface area is 124 Å². The Bertz CT molecular complexity index is 540. The first kappa shape index (κ1) is 14.1. The molecule has 1 aromatic rings. The molecule has 0 unspecified atom stereocenters. The van der Waals surface area contributed by atoms with Gasteiger partial charge in [0.05, 0.1) is 13.1 Å². The second-order valence-corrected chi connectivity index (χ2v) is 5.90. The molecule has 0 spiro atoms. The van der Waals surface area contributed by atoms with E-state index in [1.807, 2.05) is 37.3 Å². The molecule has 0 saturated carbocycles. The van der Waals surface area contributed by atoms with Crippen LogP contribution in [0.3, 0.4) is 0 Å². The van der Waals surface area contributed by atoms with Gasteiger partial charge in [0, 0.05) is 12.8 Å². The van der Waals surface area contributed by atoms with Crippen LogP contribution in [0.1, 0.15) is 31.7 Å². The minimum atomic E-state index is -0.891. The summed E-state index contributed by atoms with van der Waals surface area (Å²) in [6.45, 7) is 4.51. The highest BCUT2D eigenvalue weighted by molar-refractivity contribution is 6.07. The van der Waals surface area contributed by atoms with Crippen molar-refractivity contribution in [2.75, 3.05) is 19.8 Å². The van der Waals surface area contributed by atoms with Crippen molar-refractivity contribution < 1.29 is 14.5 Å². The summed E-state index contributed by atoms with van der Waals surface area (Å²) in [6, 6.07) is 9.29. The maximum atomic E-state index is 12.9. The summed E-state index contributed by atoms with van der Waals surface area (Å²) in [5.41, 5.74) is -0.0258. The molecule has 2 heterocycles. The second-order valence-electron chi connectivity index (χ2n) is 5.90. The highest BCUT2D eigenvalue weighted by atomic mass is 16.2. The zero-order valence-electron chi connectivity index (χ0n) is 12.4. The normalized spacial score (nSPS) is 26.4. The Hall–Kier alpha value is -1.88. The van der Waals surface area contributed by atoms with E-state index >= 15 is 0 Å². The standard InChI is InChI=1S/C16H21N3O2/c1-2-16(13-8-4-3-5-9-13)14(20)19(15(21)17-16)12-18-10-6-7-11-18/h3-5,8-9H,2,6-7,10-12H2,1H3,(H,17,21)/p+1/t16-/m0/s1. The van der Waals surface area contributed by atoms with Crippen molar-refractivity contribution in [3.63, 3.8) is 0 Å². The van der Waals surface area contributed by atoms with Crippen molar-refractivity contribution in [2.24, 2.45) is 0 Å². The second kappa shape index (κ2) is 5.48. The summed E-state index contributed by atoms with van der Waals surface area (Å²) in [7, 11) is 0. The molecular weight excluding hydrogens is 266 g/mol. The lowest BCUT2D eigenvalue weighted by Gasteiger charge is -2.26. The van der Waals surface area contributed by atoms with Gasteiger partial charge in [0.15, 0.2) is 6.67 Å². The summed E-state index contributed by atoms with van der Waals surface area (Å²) in [5, 5.41) is 2.93. The van der Waals surface area contributed by atoms with Gasteiger partial charge >= 0.3 is 6.03 Å². The van der Waals surface area contributed by atoms with E-state index in [-0.39, 0.29) is 11.9 Å². The van der Waals surface area contributed by atoms with Crippen molar-refractivity contribution in [1.29, 1.82) is 0 Å². The van der Waals surface area contributed by atoms with Gasteiger partial charge in [0.2, 0.25) is 0 Å².